The molecule has 98 valence electrons. The van der Waals surface area contributed by atoms with Crippen molar-refractivity contribution in [2.24, 2.45) is 0 Å². The van der Waals surface area contributed by atoms with Gasteiger partial charge in [0.2, 0.25) is 9.84 Å². The van der Waals surface area contributed by atoms with Crippen molar-refractivity contribution >= 4 is 9.84 Å². The molecule has 0 radical (unpaired) electrons. The predicted molar refractivity (Wildman–Crippen MR) is 69.6 cm³/mol. The van der Waals surface area contributed by atoms with E-state index in [0.29, 0.717) is 23.9 Å². The Labute approximate surface area is 111 Å². The number of ether oxygens (including phenoxy) is 2. The van der Waals surface area contributed by atoms with E-state index in [1.54, 1.807) is 36.4 Å². The number of para-hydroxylation sites is 1. The maximum Gasteiger partial charge on any atom is 0.217 e. The lowest BCUT2D eigenvalue weighted by Gasteiger charge is -2.22. The first-order valence-electron chi connectivity index (χ1n) is 5.92. The number of fused-ring (bicyclic) bond motifs is 2. The Kier molecular flexibility index (Phi) is 2.71. The summed E-state index contributed by atoms with van der Waals surface area (Å²) in [4.78, 5) is 0.283. The highest BCUT2D eigenvalue weighted by Gasteiger charge is 2.34. The van der Waals surface area contributed by atoms with E-state index >= 15 is 0 Å². The monoisotopic (exact) mass is 276 g/mol. The number of benzene rings is 2. The van der Waals surface area contributed by atoms with Gasteiger partial charge in [-0.15, -0.1) is 0 Å². The van der Waals surface area contributed by atoms with E-state index in [1.165, 1.54) is 6.07 Å². The van der Waals surface area contributed by atoms with Gasteiger partial charge in [0.25, 0.3) is 0 Å². The second kappa shape index (κ2) is 4.28. The molecule has 0 fully saturated rings. The van der Waals surface area contributed by atoms with Crippen molar-refractivity contribution in [3.05, 3.63) is 42.5 Å². The smallest absolute Gasteiger partial charge is 0.217 e. The number of hydrogen-bond acceptors (Lipinski definition) is 4. The average Bonchev–Trinajstić information content (AvgIpc) is 2.39. The number of sulfone groups is 1. The van der Waals surface area contributed by atoms with Crippen LogP contribution < -0.4 is 9.47 Å². The van der Waals surface area contributed by atoms with Crippen molar-refractivity contribution in [3.63, 3.8) is 0 Å². The summed E-state index contributed by atoms with van der Waals surface area (Å²) >= 11 is 0. The molecule has 0 amide bonds. The van der Waals surface area contributed by atoms with E-state index < -0.39 is 9.84 Å². The van der Waals surface area contributed by atoms with Crippen LogP contribution in [-0.2, 0) is 9.84 Å². The summed E-state index contributed by atoms with van der Waals surface area (Å²) in [5.41, 5.74) is 0. The zero-order chi connectivity index (χ0) is 13.5. The third-order valence-electron chi connectivity index (χ3n) is 2.87. The van der Waals surface area contributed by atoms with E-state index in [1.807, 2.05) is 6.92 Å². The first-order chi connectivity index (χ1) is 9.14. The van der Waals surface area contributed by atoms with Crippen molar-refractivity contribution in [3.8, 4) is 17.2 Å². The molecule has 1 aliphatic heterocycles. The minimum absolute atomic E-state index is 0.107. The second-order valence-electron chi connectivity index (χ2n) is 4.07. The van der Waals surface area contributed by atoms with Crippen LogP contribution in [0, 0.1) is 0 Å². The summed E-state index contributed by atoms with van der Waals surface area (Å²) in [6.45, 7) is 2.21. The maximum absolute atomic E-state index is 12.6. The second-order valence-corrected chi connectivity index (χ2v) is 5.92. The number of rotatable bonds is 2. The fourth-order valence-corrected chi connectivity index (χ4v) is 3.71. The van der Waals surface area contributed by atoms with Crippen LogP contribution in [0.3, 0.4) is 0 Å². The molecule has 19 heavy (non-hydrogen) atoms. The number of hydrogen-bond donors (Lipinski definition) is 0. The minimum Gasteiger partial charge on any atom is -0.492 e. The fourth-order valence-electron chi connectivity index (χ4n) is 2.10. The Morgan fingerprint density at radius 1 is 1.05 bits per heavy atom. The largest absolute Gasteiger partial charge is 0.492 e. The Bertz CT molecular complexity index is 735. The molecular weight excluding hydrogens is 264 g/mol. The van der Waals surface area contributed by atoms with Crippen molar-refractivity contribution in [2.75, 3.05) is 6.61 Å². The zero-order valence-corrected chi connectivity index (χ0v) is 11.1. The van der Waals surface area contributed by atoms with Gasteiger partial charge in [-0.05, 0) is 31.2 Å². The minimum atomic E-state index is -3.60. The third-order valence-corrected chi connectivity index (χ3v) is 4.73. The summed E-state index contributed by atoms with van der Waals surface area (Å²) in [6.07, 6.45) is 0. The van der Waals surface area contributed by atoms with Gasteiger partial charge in [0.1, 0.15) is 22.1 Å². The van der Waals surface area contributed by atoms with Gasteiger partial charge in [-0.2, -0.15) is 0 Å². The van der Waals surface area contributed by atoms with E-state index in [4.69, 9.17) is 9.47 Å². The lowest BCUT2D eigenvalue weighted by Crippen LogP contribution is -2.12. The van der Waals surface area contributed by atoms with Crippen LogP contribution in [0.5, 0.6) is 17.2 Å². The van der Waals surface area contributed by atoms with Gasteiger partial charge in [0.05, 0.1) is 6.61 Å². The Balaban J connectivity index is 2.29. The maximum atomic E-state index is 12.6. The Hall–Kier alpha value is -2.01. The molecule has 0 N–H and O–H groups in total. The quantitative estimate of drug-likeness (QED) is 0.722. The van der Waals surface area contributed by atoms with Crippen LogP contribution in [-0.4, -0.2) is 15.0 Å². The van der Waals surface area contributed by atoms with Gasteiger partial charge in [-0.1, -0.05) is 18.2 Å². The van der Waals surface area contributed by atoms with Crippen LogP contribution in [0.25, 0.3) is 0 Å². The SMILES string of the molecule is CCOc1cccc2c1S(=O)(=O)c1ccccc1O2. The summed E-state index contributed by atoms with van der Waals surface area (Å²) in [6, 6.07) is 11.6. The van der Waals surface area contributed by atoms with Gasteiger partial charge in [-0.25, -0.2) is 8.42 Å². The summed E-state index contributed by atoms with van der Waals surface area (Å²) in [5, 5.41) is 0. The molecule has 0 aliphatic carbocycles. The van der Waals surface area contributed by atoms with Crippen molar-refractivity contribution in [2.45, 2.75) is 16.7 Å². The van der Waals surface area contributed by atoms with Gasteiger partial charge in [0.15, 0.2) is 4.90 Å². The van der Waals surface area contributed by atoms with Crippen LogP contribution in [0.15, 0.2) is 52.3 Å². The van der Waals surface area contributed by atoms with E-state index in [0.717, 1.165) is 0 Å². The van der Waals surface area contributed by atoms with Crippen LogP contribution in [0.2, 0.25) is 0 Å². The molecule has 3 rings (SSSR count). The molecule has 1 aliphatic rings. The van der Waals surface area contributed by atoms with E-state index in [9.17, 15) is 8.42 Å². The molecule has 0 bridgehead atoms. The van der Waals surface area contributed by atoms with Crippen LogP contribution >= 0.6 is 0 Å². The van der Waals surface area contributed by atoms with Crippen molar-refractivity contribution < 1.29 is 17.9 Å². The molecular formula is C14H12O4S. The van der Waals surface area contributed by atoms with Gasteiger partial charge < -0.3 is 9.47 Å². The molecule has 0 saturated carbocycles. The first-order valence-corrected chi connectivity index (χ1v) is 7.40. The highest BCUT2D eigenvalue weighted by Crippen LogP contribution is 2.46. The van der Waals surface area contributed by atoms with Crippen LogP contribution in [0.1, 0.15) is 6.92 Å². The topological polar surface area (TPSA) is 52.6 Å². The standard InChI is InChI=1S/C14H12O4S/c1-2-17-11-7-5-8-12-14(11)19(15,16)13-9-4-3-6-10(13)18-12/h3-9H,2H2,1H3. The van der Waals surface area contributed by atoms with Crippen molar-refractivity contribution in [1.82, 2.24) is 0 Å². The van der Waals surface area contributed by atoms with Gasteiger partial charge in [0, 0.05) is 0 Å². The lowest BCUT2D eigenvalue weighted by atomic mass is 10.3. The fraction of sp³-hybridized carbons (Fsp3) is 0.143. The lowest BCUT2D eigenvalue weighted by molar-refractivity contribution is 0.324. The van der Waals surface area contributed by atoms with Gasteiger partial charge in [-0.3, -0.25) is 0 Å². The highest BCUT2D eigenvalue weighted by molar-refractivity contribution is 7.91. The molecule has 2 aromatic rings. The van der Waals surface area contributed by atoms with Crippen molar-refractivity contribution in [1.29, 1.82) is 0 Å². The molecule has 2 aromatic carbocycles. The summed E-state index contributed by atoms with van der Waals surface area (Å²) < 4.78 is 36.3. The molecule has 4 nitrogen and oxygen atoms in total. The highest BCUT2D eigenvalue weighted by atomic mass is 32.2. The molecule has 0 unspecified atom stereocenters. The normalized spacial score (nSPS) is 15.0. The summed E-state index contributed by atoms with van der Waals surface area (Å²) in [5.74, 6) is 0.989. The molecule has 5 heteroatoms. The first kappa shape index (κ1) is 12.0. The van der Waals surface area contributed by atoms with E-state index in [-0.39, 0.29) is 9.79 Å². The molecule has 0 saturated heterocycles. The van der Waals surface area contributed by atoms with Gasteiger partial charge >= 0.3 is 0 Å². The van der Waals surface area contributed by atoms with E-state index in [2.05, 4.69) is 0 Å². The Morgan fingerprint density at radius 2 is 1.79 bits per heavy atom. The Morgan fingerprint density at radius 3 is 2.58 bits per heavy atom. The molecule has 0 atom stereocenters. The third kappa shape index (κ3) is 1.77. The molecule has 0 spiro atoms. The molecule has 1 heterocycles. The average molecular weight is 276 g/mol. The van der Waals surface area contributed by atoms with Crippen LogP contribution in [0.4, 0.5) is 0 Å². The summed E-state index contributed by atoms with van der Waals surface area (Å²) in [7, 11) is -3.60. The zero-order valence-electron chi connectivity index (χ0n) is 10.3. The predicted octanol–water partition coefficient (Wildman–Crippen LogP) is 3.02. The molecule has 0 aromatic heterocycles.